The van der Waals surface area contributed by atoms with Crippen molar-refractivity contribution in [2.24, 2.45) is 0 Å². The first-order valence-electron chi connectivity index (χ1n) is 3.86. The molecule has 66 valence electrons. The van der Waals surface area contributed by atoms with E-state index in [1.807, 2.05) is 18.4 Å². The molecule has 0 aliphatic heterocycles. The number of thiophene rings is 1. The van der Waals surface area contributed by atoms with Crippen LogP contribution in [0, 0.1) is 6.92 Å². The Morgan fingerprint density at radius 1 is 1.62 bits per heavy atom. The summed E-state index contributed by atoms with van der Waals surface area (Å²) in [5, 5.41) is 8.29. The smallest absolute Gasteiger partial charge is 0.206 e. The van der Waals surface area contributed by atoms with Crippen molar-refractivity contribution in [3.05, 3.63) is 39.8 Å². The number of H-pyrrole nitrogens is 1. The van der Waals surface area contributed by atoms with Crippen LogP contribution < -0.4 is 0 Å². The van der Waals surface area contributed by atoms with Crippen molar-refractivity contribution in [1.29, 1.82) is 0 Å². The van der Waals surface area contributed by atoms with E-state index in [1.54, 1.807) is 12.4 Å². The summed E-state index contributed by atoms with van der Waals surface area (Å²) in [6.45, 7) is 1.93. The molecule has 2 heterocycles. The van der Waals surface area contributed by atoms with Crippen molar-refractivity contribution in [2.45, 2.75) is 6.92 Å². The Bertz CT molecular complexity index is 417. The number of rotatable bonds is 2. The molecule has 13 heavy (non-hydrogen) atoms. The van der Waals surface area contributed by atoms with Crippen molar-refractivity contribution in [3.8, 4) is 0 Å². The summed E-state index contributed by atoms with van der Waals surface area (Å²) < 4.78 is 0. The van der Waals surface area contributed by atoms with Gasteiger partial charge in [-0.2, -0.15) is 5.10 Å². The first-order valence-corrected chi connectivity index (χ1v) is 4.74. The third-order valence-electron chi connectivity index (χ3n) is 1.83. The van der Waals surface area contributed by atoms with E-state index in [-0.39, 0.29) is 5.78 Å². The zero-order chi connectivity index (χ0) is 9.26. The average molecular weight is 192 g/mol. The van der Waals surface area contributed by atoms with Gasteiger partial charge in [-0.3, -0.25) is 9.89 Å². The van der Waals surface area contributed by atoms with Gasteiger partial charge in [0.25, 0.3) is 0 Å². The molecule has 0 amide bonds. The highest BCUT2D eigenvalue weighted by Crippen LogP contribution is 2.19. The summed E-state index contributed by atoms with van der Waals surface area (Å²) >= 11 is 1.46. The van der Waals surface area contributed by atoms with Gasteiger partial charge in [-0.05, 0) is 23.9 Å². The van der Waals surface area contributed by atoms with E-state index >= 15 is 0 Å². The molecule has 2 aromatic rings. The number of carbonyl (C=O) groups excluding carboxylic acids is 1. The molecule has 0 aliphatic rings. The Labute approximate surface area is 79.4 Å². The van der Waals surface area contributed by atoms with E-state index in [0.717, 1.165) is 10.4 Å². The zero-order valence-corrected chi connectivity index (χ0v) is 7.89. The molecule has 0 aliphatic carbocycles. The zero-order valence-electron chi connectivity index (χ0n) is 7.07. The first-order chi connectivity index (χ1) is 6.29. The van der Waals surface area contributed by atoms with Crippen molar-refractivity contribution in [2.75, 3.05) is 0 Å². The molecular weight excluding hydrogens is 184 g/mol. The molecule has 0 fully saturated rings. The molecule has 2 aromatic heterocycles. The average Bonchev–Trinajstić information content (AvgIpc) is 2.72. The molecule has 2 rings (SSSR count). The fraction of sp³-hybridized carbons (Fsp3) is 0.111. The third kappa shape index (κ3) is 1.40. The van der Waals surface area contributed by atoms with Gasteiger partial charge in [-0.15, -0.1) is 11.3 Å². The highest BCUT2D eigenvalue weighted by molar-refractivity contribution is 7.12. The van der Waals surface area contributed by atoms with Gasteiger partial charge in [-0.25, -0.2) is 0 Å². The molecule has 0 radical (unpaired) electrons. The number of hydrogen-bond acceptors (Lipinski definition) is 3. The lowest BCUT2D eigenvalue weighted by atomic mass is 10.1. The van der Waals surface area contributed by atoms with Crippen LogP contribution in [0.4, 0.5) is 0 Å². The third-order valence-corrected chi connectivity index (χ3v) is 2.84. The summed E-state index contributed by atoms with van der Waals surface area (Å²) in [6.07, 6.45) is 3.16. The van der Waals surface area contributed by atoms with Gasteiger partial charge in [0.2, 0.25) is 5.78 Å². The van der Waals surface area contributed by atoms with Crippen molar-refractivity contribution < 1.29 is 4.79 Å². The van der Waals surface area contributed by atoms with E-state index in [1.165, 1.54) is 11.3 Å². The quantitative estimate of drug-likeness (QED) is 0.740. The minimum absolute atomic E-state index is 0.0428. The number of aryl methyl sites for hydroxylation is 1. The standard InChI is InChI=1S/C9H8N2OS/c1-6-2-3-13-9(6)8(12)7-4-10-11-5-7/h2-5H,1H3,(H,10,11). The second-order valence-electron chi connectivity index (χ2n) is 2.75. The number of aromatic nitrogens is 2. The molecule has 0 aromatic carbocycles. The van der Waals surface area contributed by atoms with E-state index in [0.29, 0.717) is 5.56 Å². The Kier molecular flexibility index (Phi) is 1.98. The van der Waals surface area contributed by atoms with Crippen LogP contribution in [-0.2, 0) is 0 Å². The van der Waals surface area contributed by atoms with Gasteiger partial charge >= 0.3 is 0 Å². The minimum atomic E-state index is 0.0428. The predicted octanol–water partition coefficient (Wildman–Crippen LogP) is 2.01. The largest absolute Gasteiger partial charge is 0.288 e. The van der Waals surface area contributed by atoms with Gasteiger partial charge < -0.3 is 0 Å². The molecule has 0 saturated heterocycles. The highest BCUT2D eigenvalue weighted by Gasteiger charge is 2.13. The Morgan fingerprint density at radius 3 is 3.00 bits per heavy atom. The Hall–Kier alpha value is -1.42. The molecular formula is C9H8N2OS. The summed E-state index contributed by atoms with van der Waals surface area (Å²) in [5.74, 6) is 0.0428. The van der Waals surface area contributed by atoms with Crippen molar-refractivity contribution in [1.82, 2.24) is 10.2 Å². The van der Waals surface area contributed by atoms with Gasteiger partial charge in [0.1, 0.15) is 0 Å². The number of ketones is 1. The summed E-state index contributed by atoms with van der Waals surface area (Å²) in [7, 11) is 0. The van der Waals surface area contributed by atoms with Crippen LogP contribution in [-0.4, -0.2) is 16.0 Å². The van der Waals surface area contributed by atoms with Gasteiger partial charge in [0, 0.05) is 6.20 Å². The molecule has 0 atom stereocenters. The SMILES string of the molecule is Cc1ccsc1C(=O)c1cn[nH]c1. The number of hydrogen-bond donors (Lipinski definition) is 1. The number of carbonyl (C=O) groups is 1. The van der Waals surface area contributed by atoms with Gasteiger partial charge in [-0.1, -0.05) is 0 Å². The Balaban J connectivity index is 2.39. The van der Waals surface area contributed by atoms with Crippen LogP contribution in [0.2, 0.25) is 0 Å². The number of nitrogens with one attached hydrogen (secondary N) is 1. The van der Waals surface area contributed by atoms with E-state index in [9.17, 15) is 4.79 Å². The molecule has 0 unspecified atom stereocenters. The van der Waals surface area contributed by atoms with Crippen LogP contribution in [0.5, 0.6) is 0 Å². The Morgan fingerprint density at radius 2 is 2.46 bits per heavy atom. The summed E-state index contributed by atoms with van der Waals surface area (Å²) in [4.78, 5) is 12.5. The van der Waals surface area contributed by atoms with Crippen LogP contribution in [0.15, 0.2) is 23.8 Å². The minimum Gasteiger partial charge on any atom is -0.288 e. The number of nitrogens with zero attached hydrogens (tertiary/aromatic N) is 1. The lowest BCUT2D eigenvalue weighted by Crippen LogP contribution is -1.98. The van der Waals surface area contributed by atoms with E-state index < -0.39 is 0 Å². The maximum Gasteiger partial charge on any atom is 0.206 e. The van der Waals surface area contributed by atoms with Crippen molar-refractivity contribution >= 4 is 17.1 Å². The number of aromatic amines is 1. The van der Waals surface area contributed by atoms with E-state index in [4.69, 9.17) is 0 Å². The molecule has 0 bridgehead atoms. The van der Waals surface area contributed by atoms with Gasteiger partial charge in [0.05, 0.1) is 16.6 Å². The predicted molar refractivity (Wildman–Crippen MR) is 51.1 cm³/mol. The van der Waals surface area contributed by atoms with Crippen LogP contribution in [0.1, 0.15) is 20.8 Å². The monoisotopic (exact) mass is 192 g/mol. The van der Waals surface area contributed by atoms with Crippen molar-refractivity contribution in [3.63, 3.8) is 0 Å². The fourth-order valence-corrected chi connectivity index (χ4v) is 2.00. The maximum atomic E-state index is 11.7. The second kappa shape index (κ2) is 3.14. The summed E-state index contributed by atoms with van der Waals surface area (Å²) in [5.41, 5.74) is 1.64. The lowest BCUT2D eigenvalue weighted by Gasteiger charge is -1.93. The fourth-order valence-electron chi connectivity index (χ4n) is 1.11. The highest BCUT2D eigenvalue weighted by atomic mass is 32.1. The molecule has 0 saturated carbocycles. The van der Waals surface area contributed by atoms with Crippen LogP contribution in [0.3, 0.4) is 0 Å². The normalized spacial score (nSPS) is 10.2. The van der Waals surface area contributed by atoms with Gasteiger partial charge in [0.15, 0.2) is 0 Å². The summed E-state index contributed by atoms with van der Waals surface area (Å²) in [6, 6.07) is 1.94. The molecule has 0 spiro atoms. The topological polar surface area (TPSA) is 45.8 Å². The first kappa shape index (κ1) is 8.19. The van der Waals surface area contributed by atoms with E-state index in [2.05, 4.69) is 10.2 Å². The molecule has 3 nitrogen and oxygen atoms in total. The maximum absolute atomic E-state index is 11.7. The van der Waals surface area contributed by atoms with Crippen LogP contribution in [0.25, 0.3) is 0 Å². The molecule has 1 N–H and O–H groups in total. The van der Waals surface area contributed by atoms with Crippen LogP contribution >= 0.6 is 11.3 Å². The lowest BCUT2D eigenvalue weighted by molar-refractivity contribution is 0.104. The second-order valence-corrected chi connectivity index (χ2v) is 3.66. The molecule has 4 heteroatoms.